The van der Waals surface area contributed by atoms with Gasteiger partial charge in [-0.25, -0.2) is 0 Å². The first-order valence-corrected chi connectivity index (χ1v) is 5.85. The van der Waals surface area contributed by atoms with Crippen LogP contribution in [-0.4, -0.2) is 34.5 Å². The summed E-state index contributed by atoms with van der Waals surface area (Å²) in [4.78, 5) is 2.20. The molecular formula is C13H19N3O. The molecule has 1 aliphatic heterocycles. The second-order valence-electron chi connectivity index (χ2n) is 5.03. The second kappa shape index (κ2) is 4.47. The van der Waals surface area contributed by atoms with Crippen LogP contribution in [0.4, 0.5) is 0 Å². The fourth-order valence-corrected chi connectivity index (χ4v) is 2.34. The van der Waals surface area contributed by atoms with Gasteiger partial charge in [-0.05, 0) is 18.9 Å². The number of amidine groups is 1. The molecule has 1 atom stereocenters. The minimum Gasteiger partial charge on any atom is -0.389 e. The summed E-state index contributed by atoms with van der Waals surface area (Å²) in [5.74, 6) is 0.103. The Hall–Kier alpha value is -1.39. The molecule has 1 fully saturated rings. The number of likely N-dealkylation sites (tertiary alicyclic amines) is 1. The third kappa shape index (κ3) is 2.84. The fourth-order valence-electron chi connectivity index (χ4n) is 2.34. The van der Waals surface area contributed by atoms with E-state index in [4.69, 9.17) is 11.1 Å². The Morgan fingerprint density at radius 1 is 1.53 bits per heavy atom. The molecule has 0 radical (unpaired) electrons. The molecule has 2 rings (SSSR count). The monoisotopic (exact) mass is 233 g/mol. The van der Waals surface area contributed by atoms with Crippen LogP contribution in [0.5, 0.6) is 0 Å². The van der Waals surface area contributed by atoms with Crippen molar-refractivity contribution in [2.75, 3.05) is 13.1 Å². The first kappa shape index (κ1) is 12.1. The highest BCUT2D eigenvalue weighted by atomic mass is 16.3. The van der Waals surface area contributed by atoms with Crippen molar-refractivity contribution in [3.8, 4) is 0 Å². The lowest BCUT2D eigenvalue weighted by Gasteiger charge is -2.20. The van der Waals surface area contributed by atoms with Crippen LogP contribution in [-0.2, 0) is 6.54 Å². The summed E-state index contributed by atoms with van der Waals surface area (Å²) >= 11 is 0. The minimum absolute atomic E-state index is 0.103. The molecule has 0 aromatic heterocycles. The third-order valence-electron chi connectivity index (χ3n) is 3.23. The van der Waals surface area contributed by atoms with Gasteiger partial charge in [0.2, 0.25) is 0 Å². The maximum Gasteiger partial charge on any atom is 0.123 e. The lowest BCUT2D eigenvalue weighted by atomic mass is 10.1. The van der Waals surface area contributed by atoms with Gasteiger partial charge in [0.05, 0.1) is 5.60 Å². The standard InChI is InChI=1S/C13H19N3O/c1-13(17)6-7-16(9-13)8-10-4-2-3-5-11(10)12(14)15/h2-5,17H,6-9H2,1H3,(H3,14,15). The molecule has 0 aliphatic carbocycles. The SMILES string of the molecule is CC1(O)CCN(Cc2ccccc2C(=N)N)C1. The molecule has 0 bridgehead atoms. The van der Waals surface area contributed by atoms with E-state index in [-0.39, 0.29) is 5.84 Å². The van der Waals surface area contributed by atoms with Crippen LogP contribution < -0.4 is 5.73 Å². The van der Waals surface area contributed by atoms with Crippen LogP contribution in [0, 0.1) is 5.41 Å². The van der Waals surface area contributed by atoms with Crippen molar-refractivity contribution < 1.29 is 5.11 Å². The molecule has 0 saturated carbocycles. The number of nitrogens with two attached hydrogens (primary N) is 1. The summed E-state index contributed by atoms with van der Waals surface area (Å²) in [5, 5.41) is 17.5. The van der Waals surface area contributed by atoms with Gasteiger partial charge in [-0.3, -0.25) is 10.3 Å². The van der Waals surface area contributed by atoms with Gasteiger partial charge in [0, 0.05) is 25.2 Å². The maximum atomic E-state index is 9.91. The highest BCUT2D eigenvalue weighted by molar-refractivity contribution is 5.96. The lowest BCUT2D eigenvalue weighted by molar-refractivity contribution is 0.0679. The van der Waals surface area contributed by atoms with Crippen molar-refractivity contribution in [1.82, 2.24) is 4.90 Å². The number of nitrogens with one attached hydrogen (secondary N) is 1. The highest BCUT2D eigenvalue weighted by Crippen LogP contribution is 2.22. The molecule has 17 heavy (non-hydrogen) atoms. The molecule has 1 saturated heterocycles. The largest absolute Gasteiger partial charge is 0.389 e. The Kier molecular flexibility index (Phi) is 3.17. The Morgan fingerprint density at radius 2 is 2.24 bits per heavy atom. The summed E-state index contributed by atoms with van der Waals surface area (Å²) < 4.78 is 0. The first-order valence-electron chi connectivity index (χ1n) is 5.85. The Bertz CT molecular complexity index is 428. The zero-order valence-corrected chi connectivity index (χ0v) is 10.1. The van der Waals surface area contributed by atoms with Crippen LogP contribution in [0.15, 0.2) is 24.3 Å². The molecule has 4 nitrogen and oxygen atoms in total. The minimum atomic E-state index is -0.578. The molecule has 1 unspecified atom stereocenters. The van der Waals surface area contributed by atoms with Gasteiger partial charge in [-0.1, -0.05) is 24.3 Å². The number of hydrogen-bond acceptors (Lipinski definition) is 3. The van der Waals surface area contributed by atoms with Gasteiger partial charge in [-0.15, -0.1) is 0 Å². The number of hydrogen-bond donors (Lipinski definition) is 3. The van der Waals surface area contributed by atoms with Crippen molar-refractivity contribution in [2.45, 2.75) is 25.5 Å². The Morgan fingerprint density at radius 3 is 2.82 bits per heavy atom. The zero-order valence-electron chi connectivity index (χ0n) is 10.1. The van der Waals surface area contributed by atoms with Crippen LogP contribution in [0.2, 0.25) is 0 Å². The van der Waals surface area contributed by atoms with Crippen molar-refractivity contribution >= 4 is 5.84 Å². The number of nitrogens with zero attached hydrogens (tertiary/aromatic N) is 1. The molecule has 1 aromatic carbocycles. The molecule has 1 aliphatic rings. The van der Waals surface area contributed by atoms with Crippen molar-refractivity contribution in [1.29, 1.82) is 5.41 Å². The third-order valence-corrected chi connectivity index (χ3v) is 3.23. The molecule has 4 heteroatoms. The smallest absolute Gasteiger partial charge is 0.123 e. The van der Waals surface area contributed by atoms with Crippen LogP contribution >= 0.6 is 0 Å². The average Bonchev–Trinajstić information content (AvgIpc) is 2.58. The van der Waals surface area contributed by atoms with E-state index in [1.54, 1.807) is 0 Å². The molecular weight excluding hydrogens is 214 g/mol. The average molecular weight is 233 g/mol. The van der Waals surface area contributed by atoms with Gasteiger partial charge in [-0.2, -0.15) is 0 Å². The molecule has 1 heterocycles. The van der Waals surface area contributed by atoms with Crippen LogP contribution in [0.3, 0.4) is 0 Å². The second-order valence-corrected chi connectivity index (χ2v) is 5.03. The van der Waals surface area contributed by atoms with Gasteiger partial charge in [0.25, 0.3) is 0 Å². The quantitative estimate of drug-likeness (QED) is 0.537. The van der Waals surface area contributed by atoms with Gasteiger partial charge < -0.3 is 10.8 Å². The van der Waals surface area contributed by atoms with E-state index in [1.807, 2.05) is 31.2 Å². The molecule has 0 spiro atoms. The molecule has 4 N–H and O–H groups in total. The van der Waals surface area contributed by atoms with Crippen molar-refractivity contribution in [3.05, 3.63) is 35.4 Å². The topological polar surface area (TPSA) is 73.3 Å². The highest BCUT2D eigenvalue weighted by Gasteiger charge is 2.31. The Labute approximate surface area is 102 Å². The summed E-state index contributed by atoms with van der Waals surface area (Å²) in [6.45, 7) is 4.17. The number of benzene rings is 1. The number of nitrogen functional groups attached to an aromatic ring is 1. The van der Waals surface area contributed by atoms with Gasteiger partial charge >= 0.3 is 0 Å². The van der Waals surface area contributed by atoms with E-state index in [9.17, 15) is 5.11 Å². The predicted octanol–water partition coefficient (Wildman–Crippen LogP) is 0.927. The van der Waals surface area contributed by atoms with E-state index in [2.05, 4.69) is 4.90 Å². The lowest BCUT2D eigenvalue weighted by Crippen LogP contribution is -2.30. The summed E-state index contributed by atoms with van der Waals surface area (Å²) in [6, 6.07) is 7.70. The van der Waals surface area contributed by atoms with Gasteiger partial charge in [0.1, 0.15) is 5.84 Å². The number of β-amino-alcohol motifs (C(OH)–C–C–N with tert-alkyl or cyclic N) is 1. The van der Waals surface area contributed by atoms with Crippen LogP contribution in [0.1, 0.15) is 24.5 Å². The van der Waals surface area contributed by atoms with E-state index in [1.165, 1.54) is 0 Å². The van der Waals surface area contributed by atoms with Gasteiger partial charge in [0.15, 0.2) is 0 Å². The van der Waals surface area contributed by atoms with Crippen molar-refractivity contribution in [2.24, 2.45) is 5.73 Å². The molecule has 92 valence electrons. The van der Waals surface area contributed by atoms with Crippen LogP contribution in [0.25, 0.3) is 0 Å². The molecule has 0 amide bonds. The zero-order chi connectivity index (χ0) is 12.5. The normalized spacial score (nSPS) is 25.1. The Balaban J connectivity index is 2.12. The number of aliphatic hydroxyl groups is 1. The summed E-state index contributed by atoms with van der Waals surface area (Å²) in [7, 11) is 0. The maximum absolute atomic E-state index is 9.91. The summed E-state index contributed by atoms with van der Waals surface area (Å²) in [6.07, 6.45) is 0.801. The predicted molar refractivity (Wildman–Crippen MR) is 68.0 cm³/mol. The van der Waals surface area contributed by atoms with E-state index < -0.39 is 5.60 Å². The fraction of sp³-hybridized carbons (Fsp3) is 0.462. The van der Waals surface area contributed by atoms with E-state index in [0.717, 1.165) is 30.6 Å². The first-order chi connectivity index (χ1) is 7.98. The summed E-state index contributed by atoms with van der Waals surface area (Å²) in [5.41, 5.74) is 6.82. The van der Waals surface area contributed by atoms with Crippen molar-refractivity contribution in [3.63, 3.8) is 0 Å². The number of rotatable bonds is 3. The van der Waals surface area contributed by atoms with E-state index >= 15 is 0 Å². The molecule has 1 aromatic rings. The van der Waals surface area contributed by atoms with E-state index in [0.29, 0.717) is 6.54 Å².